The van der Waals surface area contributed by atoms with Gasteiger partial charge in [-0.2, -0.15) is 0 Å². The molecule has 0 saturated heterocycles. The molecule has 0 spiro atoms. The molecule has 0 bridgehead atoms. The molecule has 1 aliphatic rings. The molecule has 0 saturated carbocycles. The van der Waals surface area contributed by atoms with Crippen molar-refractivity contribution in [2.75, 3.05) is 7.05 Å². The van der Waals surface area contributed by atoms with Gasteiger partial charge in [-0.25, -0.2) is 0 Å². The van der Waals surface area contributed by atoms with Crippen LogP contribution in [0.25, 0.3) is 0 Å². The molecule has 0 aromatic rings. The Morgan fingerprint density at radius 3 is 2.30 bits per heavy atom. The molecule has 1 heteroatoms. The van der Waals surface area contributed by atoms with E-state index in [1.165, 1.54) is 31.4 Å². The Kier molecular flexibility index (Phi) is 6.35. The molecule has 1 rings (SSSR count). The average Bonchev–Trinajstić information content (AvgIpc) is 2.10. The quantitative estimate of drug-likeness (QED) is 0.592. The predicted molar refractivity (Wildman–Crippen MR) is 47.0 cm³/mol. The third-order valence-corrected chi connectivity index (χ3v) is 1.61. The van der Waals surface area contributed by atoms with Gasteiger partial charge in [0, 0.05) is 12.7 Å². The third-order valence-electron chi connectivity index (χ3n) is 1.61. The van der Waals surface area contributed by atoms with Crippen LogP contribution in [0.5, 0.6) is 0 Å². The van der Waals surface area contributed by atoms with E-state index in [4.69, 9.17) is 0 Å². The first-order valence-electron chi connectivity index (χ1n) is 4.30. The molecule has 0 atom stereocenters. The van der Waals surface area contributed by atoms with E-state index in [0.717, 1.165) is 0 Å². The first kappa shape index (κ1) is 9.54. The fourth-order valence-electron chi connectivity index (χ4n) is 1.07. The molecular weight excluding hydrogens is 122 g/mol. The molecule has 0 heterocycles. The maximum absolute atomic E-state index is 3.16. The fourth-order valence-corrected chi connectivity index (χ4v) is 1.07. The fraction of sp³-hybridized carbons (Fsp3) is 0.778. The van der Waals surface area contributed by atoms with Gasteiger partial charge in [-0.05, 0) is 25.7 Å². The maximum Gasteiger partial charge on any atom is 0.00635 e. The van der Waals surface area contributed by atoms with Gasteiger partial charge >= 0.3 is 0 Å². The molecule has 0 unspecified atom stereocenters. The molecule has 60 valence electrons. The van der Waals surface area contributed by atoms with Gasteiger partial charge in [0.15, 0.2) is 0 Å². The second kappa shape index (κ2) is 6.66. The lowest BCUT2D eigenvalue weighted by Gasteiger charge is -2.10. The summed E-state index contributed by atoms with van der Waals surface area (Å²) in [5.74, 6) is 0. The number of hydrogen-bond donors (Lipinski definition) is 1. The van der Waals surface area contributed by atoms with Gasteiger partial charge in [0.05, 0.1) is 0 Å². The number of allylic oxidation sites excluding steroid dienone is 2. The van der Waals surface area contributed by atoms with E-state index >= 15 is 0 Å². The molecule has 0 aromatic heterocycles. The van der Waals surface area contributed by atoms with E-state index in [2.05, 4.69) is 11.4 Å². The van der Waals surface area contributed by atoms with Crippen LogP contribution in [0.1, 0.15) is 39.5 Å². The first-order chi connectivity index (χ1) is 4.93. The van der Waals surface area contributed by atoms with Gasteiger partial charge in [-0.1, -0.05) is 19.9 Å². The molecule has 0 aromatic carbocycles. The van der Waals surface area contributed by atoms with Crippen molar-refractivity contribution in [3.05, 3.63) is 11.8 Å². The first-order valence-corrected chi connectivity index (χ1v) is 4.30. The van der Waals surface area contributed by atoms with Gasteiger partial charge in [0.2, 0.25) is 0 Å². The Morgan fingerprint density at radius 2 is 2.00 bits per heavy atom. The van der Waals surface area contributed by atoms with E-state index < -0.39 is 0 Å². The van der Waals surface area contributed by atoms with Gasteiger partial charge in [-0.15, -0.1) is 0 Å². The lowest BCUT2D eigenvalue weighted by atomic mass is 10.1. The van der Waals surface area contributed by atoms with Gasteiger partial charge in [-0.3, -0.25) is 0 Å². The minimum Gasteiger partial charge on any atom is -0.392 e. The Bertz CT molecular complexity index is 94.9. The van der Waals surface area contributed by atoms with Crippen molar-refractivity contribution < 1.29 is 0 Å². The molecule has 0 fully saturated rings. The zero-order valence-corrected chi connectivity index (χ0v) is 7.41. The van der Waals surface area contributed by atoms with Crippen LogP contribution < -0.4 is 5.32 Å². The average molecular weight is 141 g/mol. The molecule has 0 radical (unpaired) electrons. The molecule has 1 aliphatic carbocycles. The van der Waals surface area contributed by atoms with E-state index in [1.54, 1.807) is 0 Å². The van der Waals surface area contributed by atoms with Gasteiger partial charge in [0.1, 0.15) is 0 Å². The summed E-state index contributed by atoms with van der Waals surface area (Å²) in [6.45, 7) is 4.00. The summed E-state index contributed by atoms with van der Waals surface area (Å²) in [5.41, 5.74) is 1.43. The smallest absolute Gasteiger partial charge is 0.00635 e. The highest BCUT2D eigenvalue weighted by Crippen LogP contribution is 2.13. The van der Waals surface area contributed by atoms with Crippen molar-refractivity contribution >= 4 is 0 Å². The Balaban J connectivity index is 0.000000371. The Morgan fingerprint density at radius 1 is 1.30 bits per heavy atom. The van der Waals surface area contributed by atoms with Crippen LogP contribution in [-0.2, 0) is 0 Å². The minimum atomic E-state index is 1.26. The van der Waals surface area contributed by atoms with E-state index in [-0.39, 0.29) is 0 Å². The van der Waals surface area contributed by atoms with Crippen LogP contribution >= 0.6 is 0 Å². The Hall–Kier alpha value is -0.460. The number of nitrogens with one attached hydrogen (secondary N) is 1. The van der Waals surface area contributed by atoms with E-state index in [0.29, 0.717) is 0 Å². The van der Waals surface area contributed by atoms with Crippen LogP contribution in [-0.4, -0.2) is 7.05 Å². The summed E-state index contributed by atoms with van der Waals surface area (Å²) in [6, 6.07) is 0. The molecule has 0 amide bonds. The summed E-state index contributed by atoms with van der Waals surface area (Å²) in [5, 5.41) is 3.16. The molecular formula is C9H19N. The Labute approximate surface area is 64.5 Å². The monoisotopic (exact) mass is 141 g/mol. The van der Waals surface area contributed by atoms with Gasteiger partial charge in [0.25, 0.3) is 0 Å². The molecule has 1 N–H and O–H groups in total. The van der Waals surface area contributed by atoms with Crippen LogP contribution in [0.15, 0.2) is 11.8 Å². The summed E-state index contributed by atoms with van der Waals surface area (Å²) < 4.78 is 0. The second-order valence-electron chi connectivity index (χ2n) is 2.23. The van der Waals surface area contributed by atoms with Crippen molar-refractivity contribution in [1.29, 1.82) is 0 Å². The SMILES string of the molecule is CC.CNC1=CCCCC1. The molecule has 1 nitrogen and oxygen atoms in total. The number of rotatable bonds is 1. The second-order valence-corrected chi connectivity index (χ2v) is 2.23. The molecule has 0 aliphatic heterocycles. The standard InChI is InChI=1S/C7H13N.C2H6/c1-8-7-5-3-2-4-6-7;1-2/h5,8H,2-4,6H2,1H3;1-2H3. The third kappa shape index (κ3) is 3.54. The van der Waals surface area contributed by atoms with Crippen LogP contribution in [0, 0.1) is 0 Å². The van der Waals surface area contributed by atoms with Crippen molar-refractivity contribution in [3.8, 4) is 0 Å². The normalized spacial score (nSPS) is 16.5. The molecule has 10 heavy (non-hydrogen) atoms. The zero-order valence-electron chi connectivity index (χ0n) is 7.41. The largest absolute Gasteiger partial charge is 0.392 e. The van der Waals surface area contributed by atoms with Crippen molar-refractivity contribution in [3.63, 3.8) is 0 Å². The number of hydrogen-bond acceptors (Lipinski definition) is 1. The summed E-state index contributed by atoms with van der Waals surface area (Å²) >= 11 is 0. The lowest BCUT2D eigenvalue weighted by Crippen LogP contribution is -2.07. The zero-order chi connectivity index (χ0) is 7.82. The predicted octanol–water partition coefficient (Wildman–Crippen LogP) is 2.69. The highest BCUT2D eigenvalue weighted by Gasteiger charge is 1.98. The highest BCUT2D eigenvalue weighted by molar-refractivity contribution is 5.01. The maximum atomic E-state index is 3.16. The van der Waals surface area contributed by atoms with Gasteiger partial charge < -0.3 is 5.32 Å². The summed E-state index contributed by atoms with van der Waals surface area (Å²) in [6.07, 6.45) is 7.58. The minimum absolute atomic E-state index is 1.26. The topological polar surface area (TPSA) is 12.0 Å². The van der Waals surface area contributed by atoms with Crippen LogP contribution in [0.3, 0.4) is 0 Å². The highest BCUT2D eigenvalue weighted by atomic mass is 14.8. The van der Waals surface area contributed by atoms with E-state index in [1.807, 2.05) is 20.9 Å². The summed E-state index contributed by atoms with van der Waals surface area (Å²) in [4.78, 5) is 0. The lowest BCUT2D eigenvalue weighted by molar-refractivity contribution is 0.667. The van der Waals surface area contributed by atoms with Crippen LogP contribution in [0.4, 0.5) is 0 Å². The van der Waals surface area contributed by atoms with Crippen molar-refractivity contribution in [2.24, 2.45) is 0 Å². The van der Waals surface area contributed by atoms with Crippen molar-refractivity contribution in [2.45, 2.75) is 39.5 Å². The summed E-state index contributed by atoms with van der Waals surface area (Å²) in [7, 11) is 2.00. The van der Waals surface area contributed by atoms with Crippen LogP contribution in [0.2, 0.25) is 0 Å². The van der Waals surface area contributed by atoms with E-state index in [9.17, 15) is 0 Å². The van der Waals surface area contributed by atoms with Crippen molar-refractivity contribution in [1.82, 2.24) is 5.32 Å².